The molecule has 4 aromatic carbocycles. The number of halogens is 1. The third kappa shape index (κ3) is 28.1. The highest BCUT2D eigenvalue weighted by Crippen LogP contribution is 2.39. The highest BCUT2D eigenvalue weighted by Gasteiger charge is 2.52. The molecule has 11 aliphatic heterocycles. The minimum Gasteiger partial charge on any atom is -0.480 e. The van der Waals surface area contributed by atoms with E-state index in [4.69, 9.17) is 21.0 Å². The van der Waals surface area contributed by atoms with Gasteiger partial charge in [0, 0.05) is 158 Å². The smallest absolute Gasteiger partial charge is 0.320 e. The van der Waals surface area contributed by atoms with Crippen molar-refractivity contribution in [1.29, 1.82) is 0 Å². The molecule has 16 rings (SSSR count). The molecular formula is C102H124BrN15O23. The number of aryl methyl sites for hydroxylation is 2. The number of ketones is 3. The number of hydrogen-bond acceptors (Lipinski definition) is 30. The Bertz CT molecular complexity index is 5710. The Morgan fingerprint density at radius 2 is 0.759 bits per heavy atom. The van der Waals surface area contributed by atoms with Gasteiger partial charge in [-0.3, -0.25) is 161 Å². The van der Waals surface area contributed by atoms with E-state index in [0.29, 0.717) is 103 Å². The quantitative estimate of drug-likeness (QED) is 0.0305. The van der Waals surface area contributed by atoms with Crippen molar-refractivity contribution in [3.63, 3.8) is 0 Å². The van der Waals surface area contributed by atoms with E-state index in [9.17, 15) is 95.9 Å². The summed E-state index contributed by atoms with van der Waals surface area (Å²) in [6.45, 7) is 34.6. The van der Waals surface area contributed by atoms with Crippen molar-refractivity contribution < 1.29 is 110 Å². The molecular weight excluding hydrogens is 1880 g/mol. The second-order valence-electron chi connectivity index (χ2n) is 40.1. The van der Waals surface area contributed by atoms with Gasteiger partial charge in [-0.2, -0.15) is 0 Å². The molecule has 12 aliphatic rings. The fraction of sp³-hybridized carbons (Fsp3) is 0.529. The fourth-order valence-corrected chi connectivity index (χ4v) is 19.7. The van der Waals surface area contributed by atoms with Crippen molar-refractivity contribution in [2.45, 2.75) is 175 Å². The van der Waals surface area contributed by atoms with Crippen molar-refractivity contribution in [2.75, 3.05) is 157 Å². The molecule has 11 heterocycles. The highest BCUT2D eigenvalue weighted by molar-refractivity contribution is 9.10. The second kappa shape index (κ2) is 47.4. The molecule has 5 unspecified atom stereocenters. The van der Waals surface area contributed by atoms with Gasteiger partial charge >= 0.3 is 17.9 Å². The second-order valence-corrected chi connectivity index (χ2v) is 40.9. The number of carbonyl (C=O) groups excluding carboxylic acids is 19. The number of benzene rings is 4. The van der Waals surface area contributed by atoms with Crippen molar-refractivity contribution in [1.82, 2.24) is 75.2 Å². The zero-order valence-corrected chi connectivity index (χ0v) is 82.9. The number of carboxylic acids is 1. The minimum absolute atomic E-state index is 0.0000102. The number of piperazine rings is 4. The van der Waals surface area contributed by atoms with E-state index < -0.39 is 112 Å². The molecule has 8 fully saturated rings. The van der Waals surface area contributed by atoms with Crippen LogP contribution >= 0.6 is 15.9 Å². The van der Waals surface area contributed by atoms with Gasteiger partial charge in [0.2, 0.25) is 47.3 Å². The number of terminal acetylenes is 1. The Labute approximate surface area is 827 Å². The zero-order valence-electron chi connectivity index (χ0n) is 81.3. The van der Waals surface area contributed by atoms with Crippen LogP contribution in [0.25, 0.3) is 0 Å². The lowest BCUT2D eigenvalue weighted by Gasteiger charge is -2.34. The molecule has 0 aromatic heterocycles. The summed E-state index contributed by atoms with van der Waals surface area (Å²) in [7, 11) is 0. The van der Waals surface area contributed by atoms with Crippen molar-refractivity contribution in [3.05, 3.63) is 138 Å². The molecule has 4 aromatic rings. The van der Waals surface area contributed by atoms with Crippen molar-refractivity contribution in [3.8, 4) is 24.2 Å². The monoisotopic (exact) mass is 2010 g/mol. The Balaban J connectivity index is 0.000000162. The summed E-state index contributed by atoms with van der Waals surface area (Å²) >= 11 is 3.24. The lowest BCUT2D eigenvalue weighted by atomic mass is 9.82. The summed E-state index contributed by atoms with van der Waals surface area (Å²) in [5, 5.41) is 17.7. The largest absolute Gasteiger partial charge is 0.480 e. The van der Waals surface area contributed by atoms with Crippen molar-refractivity contribution in [2.24, 2.45) is 17.3 Å². The molecule has 0 bridgehead atoms. The first-order valence-corrected chi connectivity index (χ1v) is 48.7. The number of carboxylic acid groups (broad SMARTS) is 1. The van der Waals surface area contributed by atoms with Crippen LogP contribution in [0.1, 0.15) is 232 Å². The summed E-state index contributed by atoms with van der Waals surface area (Å²) in [4.78, 5) is 264. The van der Waals surface area contributed by atoms with Crippen molar-refractivity contribution >= 4 is 134 Å². The van der Waals surface area contributed by atoms with Gasteiger partial charge in [0.15, 0.2) is 11.6 Å². The molecule has 141 heavy (non-hydrogen) atoms. The predicted molar refractivity (Wildman–Crippen MR) is 514 cm³/mol. The first kappa shape index (κ1) is 107. The molecule has 752 valence electrons. The van der Waals surface area contributed by atoms with E-state index in [1.807, 2.05) is 58.6 Å². The number of aliphatic carboxylic acids is 1. The molecule has 5 N–H and O–H groups in total. The first-order chi connectivity index (χ1) is 66.8. The van der Waals surface area contributed by atoms with Crippen LogP contribution in [0.2, 0.25) is 0 Å². The number of rotatable bonds is 23. The molecule has 8 saturated heterocycles. The van der Waals surface area contributed by atoms with Crippen LogP contribution in [-0.4, -0.2) is 363 Å². The third-order valence-electron chi connectivity index (χ3n) is 25.9. The number of nitrogens with zero attached hydrogens (tertiary/aromatic N) is 11. The maximum atomic E-state index is 13.2. The van der Waals surface area contributed by atoms with Crippen LogP contribution in [0.5, 0.6) is 0 Å². The first-order valence-electron chi connectivity index (χ1n) is 47.9. The minimum atomic E-state index is -1.09. The maximum Gasteiger partial charge on any atom is 0.320 e. The van der Waals surface area contributed by atoms with Gasteiger partial charge in [-0.1, -0.05) is 81.0 Å². The van der Waals surface area contributed by atoms with Crippen LogP contribution in [0.4, 0.5) is 0 Å². The summed E-state index contributed by atoms with van der Waals surface area (Å²) in [5.74, 6) is -1.59. The van der Waals surface area contributed by atoms with E-state index >= 15 is 0 Å². The van der Waals surface area contributed by atoms with Gasteiger partial charge in [-0.15, -0.1) is 6.42 Å². The number of piperidine rings is 4. The number of esters is 2. The van der Waals surface area contributed by atoms with Gasteiger partial charge in [0.1, 0.15) is 35.1 Å². The van der Waals surface area contributed by atoms with Gasteiger partial charge < -0.3 is 24.4 Å². The highest BCUT2D eigenvalue weighted by atomic mass is 79.9. The standard InChI is InChI=1S/C28H33N3O5.C26H34N4O6.C22H26N4O6.C13H9BrN2O4.C13H22N2O2/c1-28(2,3)16-19(32)17-31-14-12-30(13-15-31)11-5-7-18-6-4-8-20-23(18)26(35)24(25(20)34)21-9-10-22(33)29-27(21)36;1-26(2,3)36-21(32)16-29-14-12-28(13-15-29)11-5-7-17-6-4-8-18-22(17)25(35)30(24(18)34)19-9-10-20(31)27-23(19)33;27-17-7-6-16(20(30)23-17)26-21(31)15-5-1-3-14(19(15)22(26)32)4-2-8-24-9-11-25(12-10-24)13-18(28)29;14-7-3-1-2-6-10(7)13(20)16(12(6)19)8-4-5-9(17)15-11(8)18;1-5-6-14-7-9-15(10-8-14)11-12(16)17-13(2,3)4/h4,6,8,21,24H,9-17H2,1-3H3,(H,29,33,36);4,6,8,19H,5,7,9-16H2,1-3H3,(H,27,31,33);1,3,5,16H,2,4,6-13H2,(H,28,29)(H,23,27,30);1-3,8H,4-5H2,(H,15,17,18);1H,6-11H2,2-4H3. The molecule has 0 saturated carbocycles. The van der Waals surface area contributed by atoms with E-state index in [1.54, 1.807) is 60.7 Å². The molecule has 5 atom stereocenters. The van der Waals surface area contributed by atoms with Gasteiger partial charge in [0.05, 0.1) is 84.5 Å². The van der Waals surface area contributed by atoms with Crippen LogP contribution < -0.4 is 21.3 Å². The average molecular weight is 2010 g/mol. The summed E-state index contributed by atoms with van der Waals surface area (Å²) in [6.07, 6.45) is 9.74. The Morgan fingerprint density at radius 3 is 1.15 bits per heavy atom. The molecule has 1 aliphatic carbocycles. The van der Waals surface area contributed by atoms with Gasteiger partial charge in [0.25, 0.3) is 35.4 Å². The Hall–Kier alpha value is -12.4. The summed E-state index contributed by atoms with van der Waals surface area (Å²) < 4.78 is 11.2. The van der Waals surface area contributed by atoms with Crippen LogP contribution in [0.3, 0.4) is 0 Å². The summed E-state index contributed by atoms with van der Waals surface area (Å²) in [5.41, 5.74) is 3.65. The number of imide groups is 7. The molecule has 0 spiro atoms. The molecule has 14 amide bonds. The maximum absolute atomic E-state index is 13.2. The lowest BCUT2D eigenvalue weighted by molar-refractivity contribution is -0.157. The van der Waals surface area contributed by atoms with Gasteiger partial charge in [-0.05, 0) is 169 Å². The fourth-order valence-electron chi connectivity index (χ4n) is 19.1. The molecule has 39 heteroatoms. The predicted octanol–water partition coefficient (Wildman–Crippen LogP) is 3.84. The summed E-state index contributed by atoms with van der Waals surface area (Å²) in [6, 6.07) is 17.5. The Morgan fingerprint density at radius 1 is 0.404 bits per heavy atom. The number of amides is 14. The zero-order chi connectivity index (χ0) is 102. The average Bonchev–Trinajstić information content (AvgIpc) is 1.63. The van der Waals surface area contributed by atoms with E-state index in [0.717, 1.165) is 143 Å². The topological polar surface area (TPSA) is 464 Å². The van der Waals surface area contributed by atoms with E-state index in [1.165, 1.54) is 0 Å². The number of carbonyl (C=O) groups is 20. The third-order valence-corrected chi connectivity index (χ3v) is 26.6. The SMILES string of the molecule is C#CCN1CCN(CC(=O)OC(C)(C)C)CC1.CC(C)(C)CC(=O)CN1CCN(CC#Cc2cccc3c2C(=O)C(C2CCC(=O)NC2=O)C3=O)CC1.CC(C)(C)OC(=O)CN1CCN(CCCc2cccc3c2C(=O)N(C2CCC(=O)NC2=O)C3=O)CC1.O=C(O)CN1CCN(CCCc2cccc3c2C(=O)N(C2CCC(=O)NC2=O)C3=O)CC1.O=C1CCC(N2C(=O)c3cccc(Br)c3C2=O)C(=O)N1. The van der Waals surface area contributed by atoms with E-state index in [-0.39, 0.29) is 127 Å². The van der Waals surface area contributed by atoms with Crippen LogP contribution in [-0.2, 0) is 79.8 Å². The van der Waals surface area contributed by atoms with E-state index in [2.05, 4.69) is 110 Å². The normalized spacial score (nSPS) is 21.9. The van der Waals surface area contributed by atoms with Crippen LogP contribution in [0.15, 0.2) is 77.3 Å². The number of Topliss-reactive ketones (excluding diaryl/α,β-unsaturated/α-hetero) is 3. The lowest BCUT2D eigenvalue weighted by Crippen LogP contribution is -2.54. The van der Waals surface area contributed by atoms with Crippen LogP contribution in [0, 0.1) is 41.4 Å². The number of fused-ring (bicyclic) bond motifs is 4. The number of ether oxygens (including phenoxy) is 2. The van der Waals surface area contributed by atoms with Gasteiger partial charge in [-0.25, -0.2) is 0 Å². The molecule has 0 radical (unpaired) electrons. The molecule has 38 nitrogen and oxygen atoms in total. The number of hydrogen-bond donors (Lipinski definition) is 5. The Kier molecular flexibility index (Phi) is 36.1. The number of nitrogens with one attached hydrogen (secondary N) is 4.